The highest BCUT2D eigenvalue weighted by molar-refractivity contribution is 5.30. The summed E-state index contributed by atoms with van der Waals surface area (Å²) in [6.07, 6.45) is 1.23. The lowest BCUT2D eigenvalue weighted by molar-refractivity contribution is 0.0785. The monoisotopic (exact) mass is 219 g/mol. The molecule has 1 aliphatic heterocycles. The second kappa shape index (κ2) is 4.19. The third-order valence-corrected chi connectivity index (χ3v) is 3.46. The van der Waals surface area contributed by atoms with Gasteiger partial charge in [0.05, 0.1) is 5.60 Å². The summed E-state index contributed by atoms with van der Waals surface area (Å²) in [6, 6.07) is 8.39. The Balaban J connectivity index is 2.23. The highest BCUT2D eigenvalue weighted by Gasteiger charge is 2.23. The summed E-state index contributed by atoms with van der Waals surface area (Å²) in [5.74, 6) is 0.632. The maximum atomic E-state index is 10.00. The van der Waals surface area contributed by atoms with Crippen molar-refractivity contribution in [2.45, 2.75) is 31.8 Å². The van der Waals surface area contributed by atoms with Crippen molar-refractivity contribution in [2.24, 2.45) is 0 Å². The molecule has 0 bridgehead atoms. The Bertz CT molecular complexity index is 367. The minimum absolute atomic E-state index is 0.632. The fraction of sp³-hybridized carbons (Fsp3) is 0.571. The predicted octanol–water partition coefficient (Wildman–Crippen LogP) is 2.33. The van der Waals surface area contributed by atoms with Crippen molar-refractivity contribution >= 4 is 0 Å². The first-order valence-electron chi connectivity index (χ1n) is 5.98. The molecule has 2 nitrogen and oxygen atoms in total. The van der Waals surface area contributed by atoms with Gasteiger partial charge >= 0.3 is 0 Å². The minimum atomic E-state index is -0.736. The molecule has 2 heteroatoms. The van der Waals surface area contributed by atoms with Crippen LogP contribution in [0.1, 0.15) is 37.3 Å². The first-order valence-corrected chi connectivity index (χ1v) is 5.98. The molecule has 1 fully saturated rings. The Hall–Kier alpha value is -0.860. The lowest BCUT2D eigenvalue weighted by Gasteiger charge is -2.20. The molecule has 1 N–H and O–H groups in total. The van der Waals surface area contributed by atoms with E-state index in [1.807, 2.05) is 19.9 Å². The number of likely N-dealkylation sites (N-methyl/N-ethyl adjacent to an activating group) is 1. The zero-order chi connectivity index (χ0) is 11.8. The summed E-state index contributed by atoms with van der Waals surface area (Å²) in [5.41, 5.74) is 1.64. The summed E-state index contributed by atoms with van der Waals surface area (Å²) in [6.45, 7) is 5.99. The van der Waals surface area contributed by atoms with Crippen molar-refractivity contribution in [1.82, 2.24) is 4.90 Å². The number of likely N-dealkylation sites (tertiary alicyclic amines) is 1. The number of rotatable bonds is 2. The highest BCUT2D eigenvalue weighted by Crippen LogP contribution is 2.29. The Labute approximate surface area is 97.9 Å². The SMILES string of the molecule is CN1CCC(c2cccc(C(C)(C)O)c2)C1. The summed E-state index contributed by atoms with van der Waals surface area (Å²) in [5, 5.41) is 10.00. The number of hydrogen-bond acceptors (Lipinski definition) is 2. The Morgan fingerprint density at radius 2 is 2.12 bits per heavy atom. The van der Waals surface area contributed by atoms with Gasteiger partial charge in [-0.1, -0.05) is 24.3 Å². The second-order valence-corrected chi connectivity index (χ2v) is 5.43. The van der Waals surface area contributed by atoms with Crippen LogP contribution in [0.15, 0.2) is 24.3 Å². The van der Waals surface area contributed by atoms with Gasteiger partial charge in [-0.3, -0.25) is 0 Å². The maximum absolute atomic E-state index is 10.00. The van der Waals surface area contributed by atoms with Crippen LogP contribution in [0.4, 0.5) is 0 Å². The van der Waals surface area contributed by atoms with E-state index in [9.17, 15) is 5.11 Å². The standard InChI is InChI=1S/C14H21NO/c1-14(2,16)13-6-4-5-11(9-13)12-7-8-15(3)10-12/h4-6,9,12,16H,7-8,10H2,1-3H3. The van der Waals surface area contributed by atoms with Crippen molar-refractivity contribution in [3.63, 3.8) is 0 Å². The molecule has 0 aromatic heterocycles. The first-order chi connectivity index (χ1) is 7.47. The largest absolute Gasteiger partial charge is 0.386 e. The van der Waals surface area contributed by atoms with Crippen LogP contribution in [-0.2, 0) is 5.60 Å². The van der Waals surface area contributed by atoms with E-state index in [-0.39, 0.29) is 0 Å². The number of benzene rings is 1. The molecule has 0 amide bonds. The molecule has 0 saturated carbocycles. The van der Waals surface area contributed by atoms with Gasteiger partial charge in [0.15, 0.2) is 0 Å². The van der Waals surface area contributed by atoms with E-state index in [0.717, 1.165) is 12.1 Å². The zero-order valence-electron chi connectivity index (χ0n) is 10.4. The Kier molecular flexibility index (Phi) is 3.04. The van der Waals surface area contributed by atoms with E-state index >= 15 is 0 Å². The van der Waals surface area contributed by atoms with Crippen LogP contribution in [0.5, 0.6) is 0 Å². The summed E-state index contributed by atoms with van der Waals surface area (Å²) in [4.78, 5) is 2.36. The molecule has 1 aliphatic rings. The molecule has 1 unspecified atom stereocenters. The Morgan fingerprint density at radius 1 is 1.38 bits per heavy atom. The van der Waals surface area contributed by atoms with E-state index in [0.29, 0.717) is 5.92 Å². The van der Waals surface area contributed by atoms with Crippen LogP contribution < -0.4 is 0 Å². The van der Waals surface area contributed by atoms with Crippen LogP contribution >= 0.6 is 0 Å². The molecule has 1 saturated heterocycles. The van der Waals surface area contributed by atoms with Gasteiger partial charge in [-0.2, -0.15) is 0 Å². The average Bonchev–Trinajstić information content (AvgIpc) is 2.64. The second-order valence-electron chi connectivity index (χ2n) is 5.43. The fourth-order valence-electron chi connectivity index (χ4n) is 2.38. The minimum Gasteiger partial charge on any atom is -0.386 e. The smallest absolute Gasteiger partial charge is 0.0840 e. The van der Waals surface area contributed by atoms with E-state index in [1.165, 1.54) is 18.5 Å². The van der Waals surface area contributed by atoms with Gasteiger partial charge in [0.1, 0.15) is 0 Å². The summed E-state index contributed by atoms with van der Waals surface area (Å²) < 4.78 is 0. The topological polar surface area (TPSA) is 23.5 Å². The van der Waals surface area contributed by atoms with Crippen LogP contribution in [0.3, 0.4) is 0 Å². The maximum Gasteiger partial charge on any atom is 0.0840 e. The van der Waals surface area contributed by atoms with E-state index < -0.39 is 5.60 Å². The molecule has 88 valence electrons. The van der Waals surface area contributed by atoms with Crippen molar-refractivity contribution in [3.05, 3.63) is 35.4 Å². The lowest BCUT2D eigenvalue weighted by atomic mass is 9.91. The van der Waals surface area contributed by atoms with Gasteiger partial charge in [0, 0.05) is 6.54 Å². The van der Waals surface area contributed by atoms with Gasteiger partial charge in [0.2, 0.25) is 0 Å². The van der Waals surface area contributed by atoms with Gasteiger partial charge in [0.25, 0.3) is 0 Å². The van der Waals surface area contributed by atoms with Gasteiger partial charge in [-0.25, -0.2) is 0 Å². The first kappa shape index (κ1) is 11.6. The quantitative estimate of drug-likeness (QED) is 0.825. The number of hydrogen-bond donors (Lipinski definition) is 1. The molecule has 1 aromatic carbocycles. The summed E-state index contributed by atoms with van der Waals surface area (Å²) in [7, 11) is 2.17. The van der Waals surface area contributed by atoms with Crippen LogP contribution in [0.2, 0.25) is 0 Å². The van der Waals surface area contributed by atoms with Crippen molar-refractivity contribution < 1.29 is 5.11 Å². The van der Waals surface area contributed by atoms with Crippen LogP contribution in [0, 0.1) is 0 Å². The third-order valence-electron chi connectivity index (χ3n) is 3.46. The highest BCUT2D eigenvalue weighted by atomic mass is 16.3. The Morgan fingerprint density at radius 3 is 2.69 bits per heavy atom. The molecular formula is C14H21NO. The zero-order valence-corrected chi connectivity index (χ0v) is 10.4. The van der Waals surface area contributed by atoms with Gasteiger partial charge < -0.3 is 10.0 Å². The summed E-state index contributed by atoms with van der Waals surface area (Å²) >= 11 is 0. The lowest BCUT2D eigenvalue weighted by Crippen LogP contribution is -2.16. The third kappa shape index (κ3) is 2.45. The van der Waals surface area contributed by atoms with Gasteiger partial charge in [-0.05, 0) is 50.9 Å². The molecule has 2 rings (SSSR count). The predicted molar refractivity (Wildman–Crippen MR) is 66.5 cm³/mol. The molecule has 16 heavy (non-hydrogen) atoms. The normalized spacial score (nSPS) is 22.6. The number of aliphatic hydroxyl groups is 1. The molecule has 1 heterocycles. The van der Waals surface area contributed by atoms with E-state index in [1.54, 1.807) is 0 Å². The molecule has 0 aliphatic carbocycles. The fourth-order valence-corrected chi connectivity index (χ4v) is 2.38. The molecule has 0 radical (unpaired) electrons. The van der Waals surface area contributed by atoms with E-state index in [4.69, 9.17) is 0 Å². The molecule has 0 spiro atoms. The van der Waals surface area contributed by atoms with Gasteiger partial charge in [-0.15, -0.1) is 0 Å². The molecule has 1 aromatic rings. The van der Waals surface area contributed by atoms with Crippen molar-refractivity contribution in [1.29, 1.82) is 0 Å². The van der Waals surface area contributed by atoms with Crippen molar-refractivity contribution in [2.75, 3.05) is 20.1 Å². The van der Waals surface area contributed by atoms with E-state index in [2.05, 4.69) is 30.1 Å². The molecule has 1 atom stereocenters. The number of nitrogens with zero attached hydrogens (tertiary/aromatic N) is 1. The van der Waals surface area contributed by atoms with Crippen LogP contribution in [0.25, 0.3) is 0 Å². The average molecular weight is 219 g/mol. The van der Waals surface area contributed by atoms with Crippen molar-refractivity contribution in [3.8, 4) is 0 Å². The van der Waals surface area contributed by atoms with Crippen LogP contribution in [-0.4, -0.2) is 30.1 Å². The molecular weight excluding hydrogens is 198 g/mol.